The minimum atomic E-state index is 0.437. The Hall–Kier alpha value is -1.59. The zero-order chi connectivity index (χ0) is 12.5. The molecule has 0 radical (unpaired) electrons. The van der Waals surface area contributed by atoms with Crippen molar-refractivity contribution in [3.8, 4) is 5.69 Å². The molecule has 6 heteroatoms. The van der Waals surface area contributed by atoms with Crippen LogP contribution in [0.1, 0.15) is 0 Å². The zero-order valence-corrected chi connectivity index (χ0v) is 11.1. The van der Waals surface area contributed by atoms with Crippen LogP contribution in [0.2, 0.25) is 5.15 Å². The number of benzene rings is 1. The van der Waals surface area contributed by atoms with Gasteiger partial charge in [-0.05, 0) is 18.4 Å². The van der Waals surface area contributed by atoms with Gasteiger partial charge in [0.15, 0.2) is 10.8 Å². The van der Waals surface area contributed by atoms with Crippen molar-refractivity contribution < 1.29 is 0 Å². The van der Waals surface area contributed by atoms with Crippen molar-refractivity contribution in [2.24, 2.45) is 0 Å². The monoisotopic (exact) mass is 276 g/mol. The average molecular weight is 277 g/mol. The first-order valence-electron chi connectivity index (χ1n) is 5.30. The highest BCUT2D eigenvalue weighted by molar-refractivity contribution is 7.98. The second-order valence-corrected chi connectivity index (χ2v) is 4.76. The quantitative estimate of drug-likeness (QED) is 0.410. The molecule has 2 heterocycles. The summed E-state index contributed by atoms with van der Waals surface area (Å²) in [6, 6.07) is 9.83. The first-order chi connectivity index (χ1) is 8.79. The summed E-state index contributed by atoms with van der Waals surface area (Å²) in [5.41, 5.74) is 1.68. The maximum absolute atomic E-state index is 6.12. The molecule has 0 aliphatic carbocycles. The van der Waals surface area contributed by atoms with Crippen molar-refractivity contribution in [1.82, 2.24) is 19.7 Å². The predicted octanol–water partition coefficient (Wildman–Crippen LogP) is 3.19. The molecule has 0 aliphatic heterocycles. The molecular weight excluding hydrogens is 268 g/mol. The van der Waals surface area contributed by atoms with Crippen LogP contribution in [0.25, 0.3) is 16.7 Å². The number of rotatable bonds is 2. The lowest BCUT2D eigenvalue weighted by Crippen LogP contribution is -1.98. The van der Waals surface area contributed by atoms with E-state index in [-0.39, 0.29) is 0 Å². The topological polar surface area (TPSA) is 43.6 Å². The molecule has 0 spiro atoms. The molecule has 0 unspecified atom stereocenters. The second-order valence-electron chi connectivity index (χ2n) is 3.63. The molecule has 0 saturated heterocycles. The molecule has 2 aromatic heterocycles. The maximum atomic E-state index is 6.12. The normalized spacial score (nSPS) is 11.0. The molecule has 0 amide bonds. The summed E-state index contributed by atoms with van der Waals surface area (Å²) in [6.45, 7) is 0. The average Bonchev–Trinajstić information content (AvgIpc) is 2.84. The van der Waals surface area contributed by atoms with E-state index in [1.807, 2.05) is 36.6 Å². The highest BCUT2D eigenvalue weighted by Crippen LogP contribution is 2.24. The van der Waals surface area contributed by atoms with E-state index < -0.39 is 0 Å². The zero-order valence-electron chi connectivity index (χ0n) is 9.54. The van der Waals surface area contributed by atoms with Crippen molar-refractivity contribution in [3.63, 3.8) is 0 Å². The number of thioether (sulfide) groups is 1. The summed E-state index contributed by atoms with van der Waals surface area (Å²) in [5.74, 6) is 0. The van der Waals surface area contributed by atoms with Gasteiger partial charge in [-0.3, -0.25) is 0 Å². The minimum absolute atomic E-state index is 0.437. The van der Waals surface area contributed by atoms with Gasteiger partial charge < -0.3 is 0 Å². The van der Waals surface area contributed by atoms with E-state index in [4.69, 9.17) is 11.6 Å². The van der Waals surface area contributed by atoms with Crippen molar-refractivity contribution in [2.45, 2.75) is 5.16 Å². The van der Waals surface area contributed by atoms with E-state index in [1.165, 1.54) is 11.8 Å². The fourth-order valence-corrected chi connectivity index (χ4v) is 2.33. The van der Waals surface area contributed by atoms with Gasteiger partial charge >= 0.3 is 0 Å². The molecule has 0 atom stereocenters. The van der Waals surface area contributed by atoms with Gasteiger partial charge in [0.2, 0.25) is 0 Å². The fourth-order valence-electron chi connectivity index (χ4n) is 1.70. The summed E-state index contributed by atoms with van der Waals surface area (Å²) in [4.78, 5) is 8.65. The lowest BCUT2D eigenvalue weighted by molar-refractivity contribution is 0.877. The van der Waals surface area contributed by atoms with Crippen LogP contribution in [0.5, 0.6) is 0 Å². The van der Waals surface area contributed by atoms with E-state index in [2.05, 4.69) is 15.1 Å². The maximum Gasteiger partial charge on any atom is 0.190 e. The number of fused-ring (bicyclic) bond motifs is 1. The lowest BCUT2D eigenvalue weighted by Gasteiger charge is -2.03. The highest BCUT2D eigenvalue weighted by atomic mass is 35.5. The van der Waals surface area contributed by atoms with Crippen LogP contribution in [0.15, 0.2) is 41.7 Å². The van der Waals surface area contributed by atoms with Crippen LogP contribution in [-0.4, -0.2) is 26.0 Å². The minimum Gasteiger partial charge on any atom is -0.215 e. The molecule has 0 N–H and O–H groups in total. The Morgan fingerprint density at radius 2 is 1.94 bits per heavy atom. The van der Waals surface area contributed by atoms with Crippen molar-refractivity contribution in [1.29, 1.82) is 0 Å². The van der Waals surface area contributed by atoms with Gasteiger partial charge in [0.05, 0.1) is 17.3 Å². The van der Waals surface area contributed by atoms with Gasteiger partial charge in [0.1, 0.15) is 5.15 Å². The standard InChI is InChI=1S/C12H9ClN4S/c1-18-12-15-10(13)9-7-14-17(11(9)16-12)8-5-3-2-4-6-8/h2-7H,1H3. The van der Waals surface area contributed by atoms with Gasteiger partial charge in [-0.2, -0.15) is 5.10 Å². The van der Waals surface area contributed by atoms with Crippen molar-refractivity contribution >= 4 is 34.4 Å². The second kappa shape index (κ2) is 4.59. The number of para-hydroxylation sites is 1. The van der Waals surface area contributed by atoms with Gasteiger partial charge in [-0.15, -0.1) is 0 Å². The first-order valence-corrected chi connectivity index (χ1v) is 6.90. The molecule has 90 valence electrons. The molecule has 4 nitrogen and oxygen atoms in total. The Bertz CT molecular complexity index is 696. The number of hydrogen-bond donors (Lipinski definition) is 0. The molecule has 0 fully saturated rings. The molecule has 0 bridgehead atoms. The Morgan fingerprint density at radius 3 is 2.67 bits per heavy atom. The molecular formula is C12H9ClN4S. The number of aromatic nitrogens is 4. The molecule has 0 aliphatic rings. The fraction of sp³-hybridized carbons (Fsp3) is 0.0833. The number of nitrogens with zero attached hydrogens (tertiary/aromatic N) is 4. The number of hydrogen-bond acceptors (Lipinski definition) is 4. The third kappa shape index (κ3) is 1.85. The van der Waals surface area contributed by atoms with Crippen LogP contribution in [0, 0.1) is 0 Å². The van der Waals surface area contributed by atoms with E-state index in [0.717, 1.165) is 16.7 Å². The van der Waals surface area contributed by atoms with Crippen LogP contribution in [-0.2, 0) is 0 Å². The van der Waals surface area contributed by atoms with Crippen molar-refractivity contribution in [3.05, 3.63) is 41.7 Å². The third-order valence-electron chi connectivity index (χ3n) is 2.54. The largest absolute Gasteiger partial charge is 0.215 e. The Morgan fingerprint density at radius 1 is 1.17 bits per heavy atom. The van der Waals surface area contributed by atoms with Gasteiger partial charge in [-0.25, -0.2) is 14.6 Å². The van der Waals surface area contributed by atoms with E-state index in [0.29, 0.717) is 10.3 Å². The summed E-state index contributed by atoms with van der Waals surface area (Å²) < 4.78 is 1.77. The van der Waals surface area contributed by atoms with Crippen LogP contribution in [0.4, 0.5) is 0 Å². The van der Waals surface area contributed by atoms with Crippen molar-refractivity contribution in [2.75, 3.05) is 6.26 Å². The van der Waals surface area contributed by atoms with Gasteiger partial charge in [0, 0.05) is 0 Å². The summed E-state index contributed by atoms with van der Waals surface area (Å²) in [6.07, 6.45) is 3.61. The molecule has 0 saturated carbocycles. The Balaban J connectivity index is 2.28. The third-order valence-corrected chi connectivity index (χ3v) is 3.38. The molecule has 18 heavy (non-hydrogen) atoms. The van der Waals surface area contributed by atoms with E-state index >= 15 is 0 Å². The van der Waals surface area contributed by atoms with Crippen LogP contribution < -0.4 is 0 Å². The summed E-state index contributed by atoms with van der Waals surface area (Å²) in [5, 5.41) is 6.16. The SMILES string of the molecule is CSc1nc(Cl)c2cnn(-c3ccccc3)c2n1. The van der Waals surface area contributed by atoms with E-state index in [1.54, 1.807) is 10.9 Å². The Labute approximate surface area is 113 Å². The first kappa shape index (κ1) is 11.5. The molecule has 3 aromatic rings. The summed E-state index contributed by atoms with van der Waals surface area (Å²) >= 11 is 7.58. The van der Waals surface area contributed by atoms with Gasteiger partial charge in [-0.1, -0.05) is 41.6 Å². The van der Waals surface area contributed by atoms with Crippen LogP contribution >= 0.6 is 23.4 Å². The number of halogens is 1. The Kier molecular flexibility index (Phi) is 2.93. The van der Waals surface area contributed by atoms with Crippen LogP contribution in [0.3, 0.4) is 0 Å². The molecule has 1 aromatic carbocycles. The summed E-state index contributed by atoms with van der Waals surface area (Å²) in [7, 11) is 0. The van der Waals surface area contributed by atoms with E-state index in [9.17, 15) is 0 Å². The lowest BCUT2D eigenvalue weighted by atomic mass is 10.3. The molecule has 3 rings (SSSR count). The predicted molar refractivity (Wildman–Crippen MR) is 73.5 cm³/mol. The smallest absolute Gasteiger partial charge is 0.190 e. The van der Waals surface area contributed by atoms with Gasteiger partial charge in [0.25, 0.3) is 0 Å². The highest BCUT2D eigenvalue weighted by Gasteiger charge is 2.12.